The summed E-state index contributed by atoms with van der Waals surface area (Å²) in [5, 5.41) is 4.09. The molecule has 0 amide bonds. The van der Waals surface area contributed by atoms with E-state index < -0.39 is 0 Å². The van der Waals surface area contributed by atoms with Crippen LogP contribution in [0.5, 0.6) is 5.75 Å². The maximum atomic E-state index is 6.13. The molecule has 2 heterocycles. The van der Waals surface area contributed by atoms with Crippen LogP contribution in [0.3, 0.4) is 0 Å². The molecule has 2 aliphatic rings. The van der Waals surface area contributed by atoms with Crippen LogP contribution in [0.2, 0.25) is 5.02 Å². The van der Waals surface area contributed by atoms with Gasteiger partial charge in [-0.25, -0.2) is 0 Å². The van der Waals surface area contributed by atoms with Gasteiger partial charge in [-0.1, -0.05) is 23.7 Å². The smallest absolute Gasteiger partial charge is 0.200 e. The van der Waals surface area contributed by atoms with Crippen molar-refractivity contribution in [2.24, 2.45) is 11.8 Å². The first-order chi connectivity index (χ1) is 9.81. The van der Waals surface area contributed by atoms with E-state index in [1.54, 1.807) is 0 Å². The molecule has 1 aromatic rings. The molecule has 3 atom stereocenters. The third-order valence-electron chi connectivity index (χ3n) is 4.28. The van der Waals surface area contributed by atoms with Gasteiger partial charge in [-0.05, 0) is 56.3 Å². The molecular formula is C16H22ClNO2. The van der Waals surface area contributed by atoms with Crippen molar-refractivity contribution < 1.29 is 9.47 Å². The zero-order valence-electron chi connectivity index (χ0n) is 11.7. The van der Waals surface area contributed by atoms with Crippen molar-refractivity contribution in [3.63, 3.8) is 0 Å². The summed E-state index contributed by atoms with van der Waals surface area (Å²) < 4.78 is 11.6. The predicted molar refractivity (Wildman–Crippen MR) is 80.1 cm³/mol. The van der Waals surface area contributed by atoms with Crippen LogP contribution in [-0.4, -0.2) is 26.0 Å². The number of ether oxygens (including phenoxy) is 2. The standard InChI is InChI=1S/C16H22ClNO2/c17-14-3-1-2-4-15(14)20-16-10-12(6-8-19-16)9-13-5-7-18-11-13/h1-4,12-13,16,18H,5-11H2/t12?,13-,16-/m0/s1. The highest BCUT2D eigenvalue weighted by Crippen LogP contribution is 2.31. The van der Waals surface area contributed by atoms with Crippen LogP contribution in [0.4, 0.5) is 0 Å². The number of halogens is 1. The van der Waals surface area contributed by atoms with Crippen LogP contribution in [0, 0.1) is 11.8 Å². The molecule has 3 rings (SSSR count). The summed E-state index contributed by atoms with van der Waals surface area (Å²) in [4.78, 5) is 0. The van der Waals surface area contributed by atoms with Crippen molar-refractivity contribution in [1.29, 1.82) is 0 Å². The van der Waals surface area contributed by atoms with Crippen LogP contribution < -0.4 is 10.1 Å². The Kier molecular flexibility index (Phi) is 4.81. The molecule has 3 nitrogen and oxygen atoms in total. The lowest BCUT2D eigenvalue weighted by Gasteiger charge is -2.31. The quantitative estimate of drug-likeness (QED) is 0.922. The van der Waals surface area contributed by atoms with Gasteiger partial charge in [0.1, 0.15) is 5.75 Å². The van der Waals surface area contributed by atoms with Crippen molar-refractivity contribution in [3.8, 4) is 5.75 Å². The number of benzene rings is 1. The summed E-state index contributed by atoms with van der Waals surface area (Å²) in [6.45, 7) is 3.14. The van der Waals surface area contributed by atoms with Gasteiger partial charge in [-0.3, -0.25) is 0 Å². The summed E-state index contributed by atoms with van der Waals surface area (Å²) in [5.41, 5.74) is 0. The van der Waals surface area contributed by atoms with Crippen LogP contribution in [-0.2, 0) is 4.74 Å². The van der Waals surface area contributed by atoms with Gasteiger partial charge in [-0.15, -0.1) is 0 Å². The van der Waals surface area contributed by atoms with E-state index in [1.165, 1.54) is 25.9 Å². The van der Waals surface area contributed by atoms with Gasteiger partial charge in [0, 0.05) is 6.42 Å². The monoisotopic (exact) mass is 295 g/mol. The topological polar surface area (TPSA) is 30.5 Å². The first kappa shape index (κ1) is 14.2. The minimum absolute atomic E-state index is 0.150. The first-order valence-corrected chi connectivity index (χ1v) is 7.92. The fraction of sp³-hybridized carbons (Fsp3) is 0.625. The Morgan fingerprint density at radius 1 is 1.25 bits per heavy atom. The lowest BCUT2D eigenvalue weighted by molar-refractivity contribution is -0.123. The van der Waals surface area contributed by atoms with Crippen LogP contribution >= 0.6 is 11.6 Å². The summed E-state index contributed by atoms with van der Waals surface area (Å²) in [6, 6.07) is 7.59. The van der Waals surface area contributed by atoms with Gasteiger partial charge in [0.2, 0.25) is 0 Å². The summed E-state index contributed by atoms with van der Waals surface area (Å²) in [7, 11) is 0. The number of para-hydroxylation sites is 1. The van der Waals surface area contributed by atoms with Gasteiger partial charge >= 0.3 is 0 Å². The van der Waals surface area contributed by atoms with Crippen molar-refractivity contribution in [2.75, 3.05) is 19.7 Å². The SMILES string of the molecule is Clc1ccccc1O[C@H]1CC(C[C@@H]2CCNC2)CCO1. The maximum Gasteiger partial charge on any atom is 0.200 e. The average Bonchev–Trinajstić information content (AvgIpc) is 2.95. The molecular weight excluding hydrogens is 274 g/mol. The molecule has 0 saturated carbocycles. The summed E-state index contributed by atoms with van der Waals surface area (Å²) in [5.74, 6) is 2.27. The molecule has 20 heavy (non-hydrogen) atoms. The van der Waals surface area contributed by atoms with E-state index >= 15 is 0 Å². The fourth-order valence-electron chi connectivity index (χ4n) is 3.19. The number of nitrogens with one attached hydrogen (secondary N) is 1. The molecule has 2 fully saturated rings. The van der Waals surface area contributed by atoms with Crippen LogP contribution in [0.25, 0.3) is 0 Å². The molecule has 0 radical (unpaired) electrons. The highest BCUT2D eigenvalue weighted by atomic mass is 35.5. The lowest BCUT2D eigenvalue weighted by Crippen LogP contribution is -2.31. The minimum atomic E-state index is -0.150. The molecule has 110 valence electrons. The Morgan fingerprint density at radius 3 is 2.95 bits per heavy atom. The molecule has 0 aliphatic carbocycles. The second-order valence-electron chi connectivity index (χ2n) is 5.83. The molecule has 0 spiro atoms. The third-order valence-corrected chi connectivity index (χ3v) is 4.59. The Balaban J connectivity index is 1.53. The van der Waals surface area contributed by atoms with Crippen molar-refractivity contribution >= 4 is 11.6 Å². The second kappa shape index (κ2) is 6.79. The summed E-state index contributed by atoms with van der Waals surface area (Å²) >= 11 is 6.13. The van der Waals surface area contributed by atoms with Gasteiger partial charge in [-0.2, -0.15) is 0 Å². The van der Waals surface area contributed by atoms with Crippen LogP contribution in [0.1, 0.15) is 25.7 Å². The molecule has 2 saturated heterocycles. The van der Waals surface area contributed by atoms with E-state index in [9.17, 15) is 0 Å². The van der Waals surface area contributed by atoms with Gasteiger partial charge in [0.15, 0.2) is 6.29 Å². The Labute approximate surface area is 125 Å². The number of hydrogen-bond acceptors (Lipinski definition) is 3. The van der Waals surface area contributed by atoms with Crippen molar-refractivity contribution in [2.45, 2.75) is 32.0 Å². The Morgan fingerprint density at radius 2 is 2.15 bits per heavy atom. The number of rotatable bonds is 4. The average molecular weight is 296 g/mol. The molecule has 2 aliphatic heterocycles. The largest absolute Gasteiger partial charge is 0.463 e. The molecule has 0 aromatic heterocycles. The highest BCUT2D eigenvalue weighted by Gasteiger charge is 2.27. The maximum absolute atomic E-state index is 6.13. The lowest BCUT2D eigenvalue weighted by atomic mass is 9.88. The predicted octanol–water partition coefficient (Wildman–Crippen LogP) is 3.47. The first-order valence-electron chi connectivity index (χ1n) is 7.55. The van der Waals surface area contributed by atoms with E-state index in [0.29, 0.717) is 10.9 Å². The second-order valence-corrected chi connectivity index (χ2v) is 6.24. The zero-order valence-corrected chi connectivity index (χ0v) is 12.4. The van der Waals surface area contributed by atoms with Gasteiger partial charge in [0.05, 0.1) is 11.6 Å². The van der Waals surface area contributed by atoms with E-state index in [2.05, 4.69) is 5.32 Å². The van der Waals surface area contributed by atoms with E-state index in [1.807, 2.05) is 24.3 Å². The Hall–Kier alpha value is -0.770. The number of hydrogen-bond donors (Lipinski definition) is 1. The van der Waals surface area contributed by atoms with E-state index in [-0.39, 0.29) is 6.29 Å². The highest BCUT2D eigenvalue weighted by molar-refractivity contribution is 6.32. The van der Waals surface area contributed by atoms with E-state index in [4.69, 9.17) is 21.1 Å². The van der Waals surface area contributed by atoms with Gasteiger partial charge in [0.25, 0.3) is 0 Å². The van der Waals surface area contributed by atoms with Crippen LogP contribution in [0.15, 0.2) is 24.3 Å². The van der Waals surface area contributed by atoms with Crippen molar-refractivity contribution in [3.05, 3.63) is 29.3 Å². The minimum Gasteiger partial charge on any atom is -0.463 e. The zero-order chi connectivity index (χ0) is 13.8. The molecule has 4 heteroatoms. The fourth-order valence-corrected chi connectivity index (χ4v) is 3.37. The Bertz CT molecular complexity index is 434. The molecule has 1 aromatic carbocycles. The van der Waals surface area contributed by atoms with Crippen molar-refractivity contribution in [1.82, 2.24) is 5.32 Å². The molecule has 1 N–H and O–H groups in total. The summed E-state index contributed by atoms with van der Waals surface area (Å²) in [6.07, 6.45) is 4.58. The molecule has 0 bridgehead atoms. The van der Waals surface area contributed by atoms with E-state index in [0.717, 1.165) is 31.1 Å². The molecule has 1 unspecified atom stereocenters. The van der Waals surface area contributed by atoms with Gasteiger partial charge < -0.3 is 14.8 Å². The third kappa shape index (κ3) is 3.66. The normalized spacial score (nSPS) is 30.4.